The van der Waals surface area contributed by atoms with Gasteiger partial charge in [-0.1, -0.05) is 171 Å². The highest BCUT2D eigenvalue weighted by atomic mass is 16.3. The molecule has 1 atom stereocenters. The monoisotopic (exact) mass is 693 g/mol. The molecule has 2 heterocycles. The summed E-state index contributed by atoms with van der Waals surface area (Å²) in [5.41, 5.74) is 11.5. The number of nitrogens with zero attached hydrogens (tertiary/aromatic N) is 3. The van der Waals surface area contributed by atoms with Gasteiger partial charge in [-0.15, -0.1) is 0 Å². The Labute approximate surface area is 313 Å². The molecule has 7 aromatic carbocycles. The van der Waals surface area contributed by atoms with E-state index in [9.17, 15) is 0 Å². The molecule has 1 aliphatic carbocycles. The predicted octanol–water partition coefficient (Wildman–Crippen LogP) is 13.2. The predicted molar refractivity (Wildman–Crippen MR) is 223 cm³/mol. The van der Waals surface area contributed by atoms with Crippen LogP contribution in [0.1, 0.15) is 18.9 Å². The number of allylic oxidation sites excluding steroid dienone is 4. The molecule has 0 fully saturated rings. The van der Waals surface area contributed by atoms with E-state index < -0.39 is 0 Å². The third kappa shape index (κ3) is 5.69. The fraction of sp³-hybridized carbons (Fsp3) is 0.0600. The van der Waals surface area contributed by atoms with Crippen molar-refractivity contribution < 1.29 is 4.42 Å². The van der Waals surface area contributed by atoms with E-state index in [1.54, 1.807) is 0 Å². The number of furan rings is 1. The Morgan fingerprint density at radius 1 is 0.463 bits per heavy atom. The van der Waals surface area contributed by atoms with Crippen molar-refractivity contribution in [1.82, 2.24) is 15.0 Å². The van der Waals surface area contributed by atoms with Crippen LogP contribution in [-0.4, -0.2) is 15.0 Å². The second kappa shape index (κ2) is 13.3. The summed E-state index contributed by atoms with van der Waals surface area (Å²) < 4.78 is 6.54. The van der Waals surface area contributed by atoms with Gasteiger partial charge in [-0.05, 0) is 68.6 Å². The summed E-state index contributed by atoms with van der Waals surface area (Å²) in [7, 11) is 0. The lowest BCUT2D eigenvalue weighted by Crippen LogP contribution is -2.00. The minimum Gasteiger partial charge on any atom is -0.456 e. The van der Waals surface area contributed by atoms with Crippen LogP contribution in [0.3, 0.4) is 0 Å². The molecule has 0 saturated carbocycles. The number of benzene rings is 7. The van der Waals surface area contributed by atoms with Crippen LogP contribution in [0.2, 0.25) is 0 Å². The van der Waals surface area contributed by atoms with Gasteiger partial charge in [0, 0.05) is 27.5 Å². The SMILES string of the molecule is CC1C=CC(c2ccc(-c3ccc(-c4cccc5oc6cccc(-c7nc(-c8ccccc8)nc(-c8cccc9ccccc89)n7)c6c45)cc3)cc2)=CC1. The van der Waals surface area contributed by atoms with Crippen molar-refractivity contribution in [3.8, 4) is 56.4 Å². The van der Waals surface area contributed by atoms with Gasteiger partial charge >= 0.3 is 0 Å². The summed E-state index contributed by atoms with van der Waals surface area (Å²) in [5.74, 6) is 2.46. The van der Waals surface area contributed by atoms with Gasteiger partial charge in [-0.3, -0.25) is 0 Å². The molecule has 256 valence electrons. The van der Waals surface area contributed by atoms with Gasteiger partial charge in [0.2, 0.25) is 0 Å². The Balaban J connectivity index is 1.09. The molecule has 0 N–H and O–H groups in total. The van der Waals surface area contributed by atoms with Gasteiger partial charge < -0.3 is 4.42 Å². The summed E-state index contributed by atoms with van der Waals surface area (Å²) in [5, 5.41) is 4.25. The molecule has 2 aromatic heterocycles. The highest BCUT2D eigenvalue weighted by Gasteiger charge is 2.20. The zero-order valence-corrected chi connectivity index (χ0v) is 29.8. The van der Waals surface area contributed by atoms with Crippen molar-refractivity contribution >= 4 is 38.3 Å². The highest BCUT2D eigenvalue weighted by Crippen LogP contribution is 2.42. The zero-order valence-electron chi connectivity index (χ0n) is 29.8. The Morgan fingerprint density at radius 2 is 1.02 bits per heavy atom. The van der Waals surface area contributed by atoms with Crippen molar-refractivity contribution in [2.45, 2.75) is 13.3 Å². The molecular formula is C50H35N3O. The fourth-order valence-corrected chi connectivity index (χ4v) is 7.69. The molecule has 0 amide bonds. The second-order valence-electron chi connectivity index (χ2n) is 14.0. The van der Waals surface area contributed by atoms with E-state index in [-0.39, 0.29) is 0 Å². The largest absolute Gasteiger partial charge is 0.456 e. The summed E-state index contributed by atoms with van der Waals surface area (Å²) in [4.78, 5) is 15.4. The fourth-order valence-electron chi connectivity index (χ4n) is 7.69. The first-order valence-corrected chi connectivity index (χ1v) is 18.5. The van der Waals surface area contributed by atoms with Crippen LogP contribution in [0.15, 0.2) is 180 Å². The molecule has 9 aromatic rings. The molecule has 0 bridgehead atoms. The first kappa shape index (κ1) is 31.8. The van der Waals surface area contributed by atoms with Crippen molar-refractivity contribution in [3.05, 3.63) is 182 Å². The molecular weight excluding hydrogens is 659 g/mol. The minimum atomic E-state index is 0.600. The molecule has 1 aliphatic rings. The van der Waals surface area contributed by atoms with E-state index in [0.717, 1.165) is 66.9 Å². The third-order valence-electron chi connectivity index (χ3n) is 10.5. The molecule has 0 spiro atoms. The van der Waals surface area contributed by atoms with Gasteiger partial charge in [0.1, 0.15) is 11.2 Å². The smallest absolute Gasteiger partial charge is 0.164 e. The first-order valence-electron chi connectivity index (χ1n) is 18.5. The molecule has 4 nitrogen and oxygen atoms in total. The molecule has 54 heavy (non-hydrogen) atoms. The molecule has 1 unspecified atom stereocenters. The molecule has 0 saturated heterocycles. The molecule has 10 rings (SSSR count). The normalized spacial score (nSPS) is 14.2. The number of aromatic nitrogens is 3. The quantitative estimate of drug-likeness (QED) is 0.174. The lowest BCUT2D eigenvalue weighted by molar-refractivity contribution is 0.669. The van der Waals surface area contributed by atoms with Crippen LogP contribution in [0.25, 0.3) is 94.7 Å². The van der Waals surface area contributed by atoms with E-state index in [4.69, 9.17) is 19.4 Å². The second-order valence-corrected chi connectivity index (χ2v) is 14.0. The van der Waals surface area contributed by atoms with Crippen molar-refractivity contribution in [2.24, 2.45) is 5.92 Å². The molecule has 4 heteroatoms. The number of hydrogen-bond acceptors (Lipinski definition) is 4. The van der Waals surface area contributed by atoms with Crippen molar-refractivity contribution in [2.75, 3.05) is 0 Å². The van der Waals surface area contributed by atoms with Gasteiger partial charge in [0.25, 0.3) is 0 Å². The van der Waals surface area contributed by atoms with E-state index in [2.05, 4.69) is 134 Å². The van der Waals surface area contributed by atoms with Crippen molar-refractivity contribution in [3.63, 3.8) is 0 Å². The average Bonchev–Trinajstić information content (AvgIpc) is 3.63. The molecule has 0 radical (unpaired) electrons. The lowest BCUT2D eigenvalue weighted by Gasteiger charge is -2.13. The Kier molecular flexibility index (Phi) is 7.80. The summed E-state index contributed by atoms with van der Waals surface area (Å²) >= 11 is 0. The van der Waals surface area contributed by atoms with Gasteiger partial charge in [0.05, 0.1) is 0 Å². The summed E-state index contributed by atoms with van der Waals surface area (Å²) in [6.07, 6.45) is 7.97. The maximum atomic E-state index is 6.54. The van der Waals surface area contributed by atoms with Gasteiger partial charge in [-0.25, -0.2) is 15.0 Å². The van der Waals surface area contributed by atoms with Crippen LogP contribution in [0, 0.1) is 5.92 Å². The maximum absolute atomic E-state index is 6.54. The van der Waals surface area contributed by atoms with Gasteiger partial charge in [-0.2, -0.15) is 0 Å². The van der Waals surface area contributed by atoms with E-state index in [0.29, 0.717) is 23.4 Å². The Bertz CT molecular complexity index is 2900. The van der Waals surface area contributed by atoms with E-state index in [1.165, 1.54) is 22.3 Å². The summed E-state index contributed by atoms with van der Waals surface area (Å²) in [6, 6.07) is 54.9. The highest BCUT2D eigenvalue weighted by molar-refractivity contribution is 6.17. The molecule has 0 aliphatic heterocycles. The topological polar surface area (TPSA) is 51.8 Å². The standard InChI is InChI=1S/C50H35N3O/c1-32-20-22-33(23-21-32)34-24-26-35(27-25-34)36-28-30-38(31-29-36)41-15-8-18-44-46(41)47-43(17-9-19-45(47)54-44)50-52-48(39-11-3-2-4-12-39)51-49(53-50)42-16-7-13-37-10-5-6-14-40(37)42/h2-20,22-32H,21H2,1H3. The van der Waals surface area contributed by atoms with Crippen LogP contribution in [-0.2, 0) is 0 Å². The maximum Gasteiger partial charge on any atom is 0.164 e. The average molecular weight is 694 g/mol. The Hall–Kier alpha value is -6.91. The number of hydrogen-bond donors (Lipinski definition) is 0. The summed E-state index contributed by atoms with van der Waals surface area (Å²) in [6.45, 7) is 2.25. The van der Waals surface area contributed by atoms with Crippen LogP contribution >= 0.6 is 0 Å². The minimum absolute atomic E-state index is 0.600. The van der Waals surface area contributed by atoms with Gasteiger partial charge in [0.15, 0.2) is 17.5 Å². The van der Waals surface area contributed by atoms with Crippen molar-refractivity contribution in [1.29, 1.82) is 0 Å². The number of fused-ring (bicyclic) bond motifs is 4. The first-order chi connectivity index (χ1) is 26.7. The third-order valence-corrected chi connectivity index (χ3v) is 10.5. The zero-order chi connectivity index (χ0) is 36.0. The van der Waals surface area contributed by atoms with E-state index in [1.807, 2.05) is 48.5 Å². The van der Waals surface area contributed by atoms with Crippen LogP contribution in [0.4, 0.5) is 0 Å². The van der Waals surface area contributed by atoms with Crippen LogP contribution in [0.5, 0.6) is 0 Å². The number of rotatable bonds is 6. The lowest BCUT2D eigenvalue weighted by atomic mass is 9.92. The Morgan fingerprint density at radius 3 is 1.74 bits per heavy atom. The van der Waals surface area contributed by atoms with Crippen LogP contribution < -0.4 is 0 Å². The van der Waals surface area contributed by atoms with E-state index >= 15 is 0 Å².